The molecule has 2 unspecified atom stereocenters. The van der Waals surface area contributed by atoms with Crippen molar-refractivity contribution in [2.45, 2.75) is 52.4 Å². The molecule has 1 aromatic rings. The minimum atomic E-state index is 0.272. The molecule has 0 aliphatic heterocycles. The highest BCUT2D eigenvalue weighted by molar-refractivity contribution is 5.99. The average molecular weight is 280 g/mol. The maximum Gasteiger partial charge on any atom is 0.163 e. The molecule has 21 heavy (non-hydrogen) atoms. The van der Waals surface area contributed by atoms with Gasteiger partial charge in [0.05, 0.1) is 0 Å². The van der Waals surface area contributed by atoms with Gasteiger partial charge in [0.15, 0.2) is 5.78 Å². The molecule has 1 fully saturated rings. The third-order valence-electron chi connectivity index (χ3n) is 5.82. The molecule has 2 bridgehead atoms. The van der Waals surface area contributed by atoms with E-state index in [4.69, 9.17) is 0 Å². The van der Waals surface area contributed by atoms with Crippen LogP contribution >= 0.6 is 0 Å². The second kappa shape index (κ2) is 4.56. The summed E-state index contributed by atoms with van der Waals surface area (Å²) in [5, 5.41) is 0. The van der Waals surface area contributed by atoms with Crippen LogP contribution in [0.4, 0.5) is 0 Å². The molecule has 1 aromatic carbocycles. The summed E-state index contributed by atoms with van der Waals surface area (Å²) in [6, 6.07) is 6.67. The van der Waals surface area contributed by atoms with Crippen LogP contribution in [0.2, 0.25) is 0 Å². The van der Waals surface area contributed by atoms with Gasteiger partial charge in [0, 0.05) is 12.0 Å². The van der Waals surface area contributed by atoms with Gasteiger partial charge in [-0.1, -0.05) is 37.6 Å². The lowest BCUT2D eigenvalue weighted by Gasteiger charge is -2.39. The standard InChI is InChI=1S/C20H24O/c1-13(2)7-14-3-5-16-11-20(12-19(21)18(16)9-14)10-15-4-6-17(20)8-15/h3-5,9,13,17H,6-8,10-12H2,1-2H3. The van der Waals surface area contributed by atoms with Gasteiger partial charge in [-0.3, -0.25) is 4.79 Å². The Morgan fingerprint density at radius 3 is 2.76 bits per heavy atom. The van der Waals surface area contributed by atoms with Crippen molar-refractivity contribution < 1.29 is 4.79 Å². The first-order valence-electron chi connectivity index (χ1n) is 8.39. The van der Waals surface area contributed by atoms with E-state index in [9.17, 15) is 4.79 Å². The zero-order chi connectivity index (χ0) is 14.6. The minimum absolute atomic E-state index is 0.272. The highest BCUT2D eigenvalue weighted by atomic mass is 16.1. The van der Waals surface area contributed by atoms with Crippen LogP contribution in [0.15, 0.2) is 29.8 Å². The number of carbonyl (C=O) groups excluding carboxylic acids is 1. The first kappa shape index (κ1) is 13.3. The lowest BCUT2D eigenvalue weighted by atomic mass is 9.63. The molecule has 1 spiro atoms. The predicted octanol–water partition coefficient (Wildman–Crippen LogP) is 4.74. The lowest BCUT2D eigenvalue weighted by Crippen LogP contribution is -2.36. The summed E-state index contributed by atoms with van der Waals surface area (Å²) in [7, 11) is 0. The Morgan fingerprint density at radius 1 is 1.24 bits per heavy atom. The van der Waals surface area contributed by atoms with E-state index in [1.165, 1.54) is 30.4 Å². The number of carbonyl (C=O) groups is 1. The van der Waals surface area contributed by atoms with Crippen LogP contribution < -0.4 is 0 Å². The van der Waals surface area contributed by atoms with Gasteiger partial charge < -0.3 is 0 Å². The average Bonchev–Trinajstić information content (AvgIpc) is 2.99. The van der Waals surface area contributed by atoms with Gasteiger partial charge in [0.2, 0.25) is 0 Å². The van der Waals surface area contributed by atoms with Crippen LogP contribution in [-0.2, 0) is 12.8 Å². The van der Waals surface area contributed by atoms with Crippen LogP contribution in [0.1, 0.15) is 61.0 Å². The first-order valence-corrected chi connectivity index (χ1v) is 8.39. The topological polar surface area (TPSA) is 17.1 Å². The molecule has 1 heteroatoms. The van der Waals surface area contributed by atoms with Crippen LogP contribution in [0, 0.1) is 17.3 Å². The maximum absolute atomic E-state index is 12.7. The molecular formula is C20H24O. The van der Waals surface area contributed by atoms with Gasteiger partial charge in [-0.05, 0) is 66.5 Å². The van der Waals surface area contributed by atoms with Crippen molar-refractivity contribution in [3.05, 3.63) is 46.5 Å². The highest BCUT2D eigenvalue weighted by Crippen LogP contribution is 2.58. The summed E-state index contributed by atoms with van der Waals surface area (Å²) in [6.07, 6.45) is 9.04. The van der Waals surface area contributed by atoms with Crippen LogP contribution in [-0.4, -0.2) is 5.78 Å². The van der Waals surface area contributed by atoms with Crippen molar-refractivity contribution in [3.63, 3.8) is 0 Å². The van der Waals surface area contributed by atoms with Gasteiger partial charge >= 0.3 is 0 Å². The zero-order valence-electron chi connectivity index (χ0n) is 13.1. The maximum atomic E-state index is 12.7. The van der Waals surface area contributed by atoms with Gasteiger partial charge in [-0.2, -0.15) is 0 Å². The molecule has 110 valence electrons. The Morgan fingerprint density at radius 2 is 2.10 bits per heavy atom. The molecule has 4 rings (SSSR count). The smallest absolute Gasteiger partial charge is 0.163 e. The highest BCUT2D eigenvalue weighted by Gasteiger charge is 2.50. The fourth-order valence-electron chi connectivity index (χ4n) is 4.91. The van der Waals surface area contributed by atoms with Crippen molar-refractivity contribution in [3.8, 4) is 0 Å². The largest absolute Gasteiger partial charge is 0.294 e. The number of benzene rings is 1. The summed E-state index contributed by atoms with van der Waals surface area (Å²) in [4.78, 5) is 12.7. The molecule has 0 amide bonds. The molecule has 1 nitrogen and oxygen atoms in total. The predicted molar refractivity (Wildman–Crippen MR) is 85.5 cm³/mol. The van der Waals surface area contributed by atoms with E-state index in [1.807, 2.05) is 0 Å². The molecular weight excluding hydrogens is 256 g/mol. The number of rotatable bonds is 2. The SMILES string of the molecule is CC(C)Cc1ccc2c(c1)C(=O)CC1(CC3=CCC1C3)C2. The molecule has 0 radical (unpaired) electrons. The van der Waals surface area contributed by atoms with Crippen LogP contribution in [0.3, 0.4) is 0 Å². The fraction of sp³-hybridized carbons (Fsp3) is 0.550. The number of allylic oxidation sites excluding steroid dienone is 2. The number of ketones is 1. The molecule has 2 atom stereocenters. The summed E-state index contributed by atoms with van der Waals surface area (Å²) < 4.78 is 0. The van der Waals surface area contributed by atoms with Crippen LogP contribution in [0.25, 0.3) is 0 Å². The van der Waals surface area contributed by atoms with Gasteiger partial charge in [0.1, 0.15) is 0 Å². The van der Waals surface area contributed by atoms with E-state index in [2.05, 4.69) is 38.1 Å². The molecule has 1 saturated carbocycles. The van der Waals surface area contributed by atoms with Crippen molar-refractivity contribution >= 4 is 5.78 Å². The molecule has 0 N–H and O–H groups in total. The van der Waals surface area contributed by atoms with E-state index in [0.717, 1.165) is 30.7 Å². The summed E-state index contributed by atoms with van der Waals surface area (Å²) in [5.74, 6) is 1.78. The third kappa shape index (κ3) is 2.09. The number of fused-ring (bicyclic) bond motifs is 4. The van der Waals surface area contributed by atoms with E-state index in [1.54, 1.807) is 5.57 Å². The Labute approximate surface area is 127 Å². The molecule has 3 aliphatic rings. The monoisotopic (exact) mass is 280 g/mol. The van der Waals surface area contributed by atoms with E-state index >= 15 is 0 Å². The zero-order valence-corrected chi connectivity index (χ0v) is 13.1. The van der Waals surface area contributed by atoms with E-state index in [0.29, 0.717) is 11.7 Å². The van der Waals surface area contributed by atoms with Crippen molar-refractivity contribution in [1.29, 1.82) is 0 Å². The van der Waals surface area contributed by atoms with Crippen molar-refractivity contribution in [1.82, 2.24) is 0 Å². The van der Waals surface area contributed by atoms with Gasteiger partial charge in [0.25, 0.3) is 0 Å². The summed E-state index contributed by atoms with van der Waals surface area (Å²) in [6.45, 7) is 4.47. The molecule has 0 aromatic heterocycles. The fourth-order valence-corrected chi connectivity index (χ4v) is 4.91. The normalized spacial score (nSPS) is 30.1. The molecule has 3 aliphatic carbocycles. The number of Topliss-reactive ketones (excluding diaryl/α,β-unsaturated/α-hetero) is 1. The Balaban J connectivity index is 1.67. The van der Waals surface area contributed by atoms with Crippen LogP contribution in [0.5, 0.6) is 0 Å². The molecule has 0 heterocycles. The minimum Gasteiger partial charge on any atom is -0.294 e. The summed E-state index contributed by atoms with van der Waals surface area (Å²) in [5.41, 5.74) is 5.55. The van der Waals surface area contributed by atoms with Gasteiger partial charge in [-0.15, -0.1) is 0 Å². The van der Waals surface area contributed by atoms with Crippen molar-refractivity contribution in [2.75, 3.05) is 0 Å². The van der Waals surface area contributed by atoms with E-state index < -0.39 is 0 Å². The lowest BCUT2D eigenvalue weighted by molar-refractivity contribution is 0.0823. The molecule has 0 saturated heterocycles. The summed E-state index contributed by atoms with van der Waals surface area (Å²) >= 11 is 0. The first-order chi connectivity index (χ1) is 10.1. The number of hydrogen-bond acceptors (Lipinski definition) is 1. The Kier molecular flexibility index (Phi) is 2.89. The third-order valence-corrected chi connectivity index (χ3v) is 5.82. The van der Waals surface area contributed by atoms with E-state index in [-0.39, 0.29) is 5.41 Å². The Hall–Kier alpha value is -1.37. The second-order valence-electron chi connectivity index (χ2n) is 7.90. The quantitative estimate of drug-likeness (QED) is 0.715. The van der Waals surface area contributed by atoms with Crippen molar-refractivity contribution in [2.24, 2.45) is 17.3 Å². The Bertz CT molecular complexity index is 637. The number of hydrogen-bond donors (Lipinski definition) is 0. The van der Waals surface area contributed by atoms with Gasteiger partial charge in [-0.25, -0.2) is 0 Å². The second-order valence-corrected chi connectivity index (χ2v) is 7.90.